The van der Waals surface area contributed by atoms with Gasteiger partial charge in [0, 0.05) is 54.9 Å². The number of piperazine rings is 1. The molecule has 5 heterocycles. The summed E-state index contributed by atoms with van der Waals surface area (Å²) in [4.78, 5) is 19.6. The Balaban J connectivity index is 1.30. The minimum absolute atomic E-state index is 0.271. The van der Waals surface area contributed by atoms with Gasteiger partial charge in [-0.2, -0.15) is 4.31 Å². The van der Waals surface area contributed by atoms with Crippen LogP contribution in [-0.4, -0.2) is 58.8 Å². The lowest BCUT2D eigenvalue weighted by atomic mass is 10.1. The molecule has 0 radical (unpaired) electrons. The number of aromatic amines is 1. The topological polar surface area (TPSA) is 95.1 Å². The molecule has 0 spiro atoms. The third-order valence-corrected chi connectivity index (χ3v) is 8.83. The molecule has 33 heavy (non-hydrogen) atoms. The van der Waals surface area contributed by atoms with Crippen LogP contribution in [0.5, 0.6) is 0 Å². The van der Waals surface area contributed by atoms with Crippen molar-refractivity contribution in [2.75, 3.05) is 31.1 Å². The normalized spacial score (nSPS) is 15.5. The van der Waals surface area contributed by atoms with Gasteiger partial charge in [0.1, 0.15) is 27.5 Å². The Labute approximate surface area is 194 Å². The number of H-pyrrole nitrogens is 1. The average molecular weight is 477 g/mol. The van der Waals surface area contributed by atoms with Crippen LogP contribution >= 0.6 is 11.3 Å². The number of hydrogen-bond acceptors (Lipinski definition) is 7. The van der Waals surface area contributed by atoms with Gasteiger partial charge in [-0.25, -0.2) is 23.4 Å². The number of rotatable bonds is 4. The number of sulfonamides is 1. The highest BCUT2D eigenvalue weighted by molar-refractivity contribution is 7.89. The zero-order valence-electron chi connectivity index (χ0n) is 17.5. The first-order valence-electron chi connectivity index (χ1n) is 10.6. The molecule has 6 rings (SSSR count). The number of pyridine rings is 1. The van der Waals surface area contributed by atoms with Crippen molar-refractivity contribution >= 4 is 48.4 Å². The molecular formula is C23H20N6O2S2. The van der Waals surface area contributed by atoms with Crippen LogP contribution in [0.3, 0.4) is 0 Å². The number of nitrogens with zero attached hydrogens (tertiary/aromatic N) is 5. The Morgan fingerprint density at radius 2 is 1.76 bits per heavy atom. The quantitative estimate of drug-likeness (QED) is 0.425. The maximum Gasteiger partial charge on any atom is 0.245 e. The lowest BCUT2D eigenvalue weighted by Gasteiger charge is -2.34. The molecule has 5 aromatic rings. The predicted octanol–water partition coefficient (Wildman–Crippen LogP) is 3.75. The van der Waals surface area contributed by atoms with Gasteiger partial charge in [0.25, 0.3) is 0 Å². The standard InChI is InChI=1S/C23H20N6O2S2/c30-33(31,19-13-25-21-17(19)7-4-8-24-21)29-11-9-28(10-12-29)22-20-18(16-5-2-1-3-6-16)14-32-23(20)27-15-26-22/h1-8,13-15H,9-12H2,(H,24,25). The van der Waals surface area contributed by atoms with E-state index < -0.39 is 10.0 Å². The van der Waals surface area contributed by atoms with Crippen LogP contribution in [0.15, 0.2) is 71.5 Å². The van der Waals surface area contributed by atoms with Crippen LogP contribution in [-0.2, 0) is 10.0 Å². The van der Waals surface area contributed by atoms with Crippen molar-refractivity contribution in [2.45, 2.75) is 4.90 Å². The molecule has 1 N–H and O–H groups in total. The van der Waals surface area contributed by atoms with E-state index in [9.17, 15) is 8.42 Å². The van der Waals surface area contributed by atoms with Crippen molar-refractivity contribution in [3.05, 3.63) is 66.6 Å². The smallest absolute Gasteiger partial charge is 0.245 e. The van der Waals surface area contributed by atoms with Crippen molar-refractivity contribution in [1.82, 2.24) is 24.2 Å². The van der Waals surface area contributed by atoms with E-state index in [1.54, 1.807) is 40.3 Å². The lowest BCUT2D eigenvalue weighted by Crippen LogP contribution is -2.49. The molecule has 0 saturated carbocycles. The number of anilines is 1. The number of nitrogens with one attached hydrogen (secondary N) is 1. The molecule has 0 unspecified atom stereocenters. The van der Waals surface area contributed by atoms with Crippen molar-refractivity contribution in [2.24, 2.45) is 0 Å². The highest BCUT2D eigenvalue weighted by Crippen LogP contribution is 2.38. The van der Waals surface area contributed by atoms with E-state index in [0.29, 0.717) is 37.2 Å². The van der Waals surface area contributed by atoms with Gasteiger partial charge >= 0.3 is 0 Å². The molecule has 1 aliphatic heterocycles. The number of hydrogen-bond donors (Lipinski definition) is 1. The second-order valence-electron chi connectivity index (χ2n) is 7.84. The predicted molar refractivity (Wildman–Crippen MR) is 130 cm³/mol. The summed E-state index contributed by atoms with van der Waals surface area (Å²) in [6, 6.07) is 13.7. The maximum absolute atomic E-state index is 13.4. The van der Waals surface area contributed by atoms with Crippen molar-refractivity contribution in [1.29, 1.82) is 0 Å². The fraction of sp³-hybridized carbons (Fsp3) is 0.174. The molecule has 166 valence electrons. The summed E-state index contributed by atoms with van der Waals surface area (Å²) in [5, 5.41) is 3.75. The number of aromatic nitrogens is 4. The Hall–Kier alpha value is -3.34. The van der Waals surface area contributed by atoms with E-state index in [1.165, 1.54) is 6.20 Å². The monoisotopic (exact) mass is 476 g/mol. The van der Waals surface area contributed by atoms with Crippen LogP contribution in [0.1, 0.15) is 0 Å². The minimum Gasteiger partial charge on any atom is -0.353 e. The summed E-state index contributed by atoms with van der Waals surface area (Å²) in [7, 11) is -3.63. The maximum atomic E-state index is 13.4. The van der Waals surface area contributed by atoms with E-state index >= 15 is 0 Å². The highest BCUT2D eigenvalue weighted by Gasteiger charge is 2.31. The molecule has 10 heteroatoms. The number of benzene rings is 1. The Bertz CT molecular complexity index is 1550. The third kappa shape index (κ3) is 3.38. The van der Waals surface area contributed by atoms with Crippen LogP contribution < -0.4 is 4.90 Å². The second-order valence-corrected chi connectivity index (χ2v) is 10.6. The van der Waals surface area contributed by atoms with Gasteiger partial charge in [-0.15, -0.1) is 11.3 Å². The third-order valence-electron chi connectivity index (χ3n) is 6.00. The Morgan fingerprint density at radius 1 is 0.939 bits per heavy atom. The number of thiophene rings is 1. The van der Waals surface area contributed by atoms with Gasteiger partial charge in [-0.05, 0) is 17.7 Å². The Morgan fingerprint density at radius 3 is 2.58 bits per heavy atom. The van der Waals surface area contributed by atoms with Crippen LogP contribution in [0.2, 0.25) is 0 Å². The van der Waals surface area contributed by atoms with Crippen molar-refractivity contribution in [3.8, 4) is 11.1 Å². The van der Waals surface area contributed by atoms with E-state index in [2.05, 4.69) is 42.3 Å². The lowest BCUT2D eigenvalue weighted by molar-refractivity contribution is 0.384. The van der Waals surface area contributed by atoms with Crippen LogP contribution in [0.4, 0.5) is 5.82 Å². The van der Waals surface area contributed by atoms with Gasteiger partial charge in [0.15, 0.2) is 0 Å². The molecule has 8 nitrogen and oxygen atoms in total. The SMILES string of the molecule is O=S(=O)(c1c[nH]c2ncccc12)N1CCN(c2ncnc3scc(-c4ccccc4)c23)CC1. The summed E-state index contributed by atoms with van der Waals surface area (Å²) < 4.78 is 28.2. The van der Waals surface area contributed by atoms with Gasteiger partial charge in [0.05, 0.1) is 5.39 Å². The first kappa shape index (κ1) is 20.3. The largest absolute Gasteiger partial charge is 0.353 e. The molecule has 0 atom stereocenters. The average Bonchev–Trinajstić information content (AvgIpc) is 3.50. The summed E-state index contributed by atoms with van der Waals surface area (Å²) in [6.07, 6.45) is 4.76. The van der Waals surface area contributed by atoms with Crippen molar-refractivity contribution < 1.29 is 8.42 Å². The van der Waals surface area contributed by atoms with Gasteiger partial charge < -0.3 is 9.88 Å². The fourth-order valence-corrected chi connectivity index (χ4v) is 6.84. The molecule has 1 aromatic carbocycles. The van der Waals surface area contributed by atoms with Crippen LogP contribution in [0, 0.1) is 0 Å². The fourth-order valence-electron chi connectivity index (χ4n) is 4.35. The zero-order valence-corrected chi connectivity index (χ0v) is 19.2. The molecule has 0 aliphatic carbocycles. The molecule has 0 amide bonds. The van der Waals surface area contributed by atoms with E-state index in [-0.39, 0.29) is 4.90 Å². The van der Waals surface area contributed by atoms with E-state index in [4.69, 9.17) is 0 Å². The molecule has 4 aromatic heterocycles. The summed E-state index contributed by atoms with van der Waals surface area (Å²) in [5.74, 6) is 0.855. The van der Waals surface area contributed by atoms with Crippen LogP contribution in [0.25, 0.3) is 32.4 Å². The minimum atomic E-state index is -3.63. The van der Waals surface area contributed by atoms with Crippen molar-refractivity contribution in [3.63, 3.8) is 0 Å². The zero-order chi connectivity index (χ0) is 22.4. The Kier molecular flexibility index (Phi) is 4.86. The van der Waals surface area contributed by atoms with Gasteiger partial charge in [-0.3, -0.25) is 0 Å². The second kappa shape index (κ2) is 7.91. The van der Waals surface area contributed by atoms with Gasteiger partial charge in [0.2, 0.25) is 10.0 Å². The first-order chi connectivity index (χ1) is 16.1. The van der Waals surface area contributed by atoms with E-state index in [1.807, 2.05) is 18.2 Å². The molecule has 1 aliphatic rings. The molecule has 0 bridgehead atoms. The van der Waals surface area contributed by atoms with E-state index in [0.717, 1.165) is 27.2 Å². The molecular weight excluding hydrogens is 456 g/mol. The van der Waals surface area contributed by atoms with Gasteiger partial charge in [-0.1, -0.05) is 30.3 Å². The first-order valence-corrected chi connectivity index (χ1v) is 12.9. The molecule has 1 fully saturated rings. The number of fused-ring (bicyclic) bond motifs is 2. The highest BCUT2D eigenvalue weighted by atomic mass is 32.2. The summed E-state index contributed by atoms with van der Waals surface area (Å²) >= 11 is 1.60. The summed E-state index contributed by atoms with van der Waals surface area (Å²) in [5.41, 5.74) is 2.80. The summed E-state index contributed by atoms with van der Waals surface area (Å²) in [6.45, 7) is 1.86. The molecule has 1 saturated heterocycles.